The second kappa shape index (κ2) is 7.34. The zero-order chi connectivity index (χ0) is 14.4. The Labute approximate surface area is 118 Å². The molecule has 106 valence electrons. The molecule has 1 rings (SSSR count). The van der Waals surface area contributed by atoms with E-state index in [4.69, 9.17) is 11.6 Å². The summed E-state index contributed by atoms with van der Waals surface area (Å²) in [7, 11) is 0. The lowest BCUT2D eigenvalue weighted by molar-refractivity contribution is -0.122. The average Bonchev–Trinajstić information content (AvgIpc) is 2.34. The molecule has 0 aliphatic rings. The molecule has 0 radical (unpaired) electrons. The molecule has 0 bridgehead atoms. The van der Waals surface area contributed by atoms with Gasteiger partial charge in [-0.25, -0.2) is 4.39 Å². The molecule has 3 nitrogen and oxygen atoms in total. The fraction of sp³-hybridized carbons (Fsp3) is 0.500. The summed E-state index contributed by atoms with van der Waals surface area (Å²) in [6.45, 7) is 5.68. The van der Waals surface area contributed by atoms with E-state index in [1.54, 1.807) is 13.0 Å². The molecular weight excluding hydrogens is 267 g/mol. The van der Waals surface area contributed by atoms with Gasteiger partial charge in [-0.3, -0.25) is 4.79 Å². The number of halogens is 2. The molecule has 19 heavy (non-hydrogen) atoms. The first kappa shape index (κ1) is 15.8. The summed E-state index contributed by atoms with van der Waals surface area (Å²) in [4.78, 5) is 11.9. The number of amides is 1. The molecule has 5 heteroatoms. The minimum atomic E-state index is -0.547. The Balaban J connectivity index is 2.64. The maximum Gasteiger partial charge on any atom is 0.242 e. The van der Waals surface area contributed by atoms with Gasteiger partial charge in [-0.15, -0.1) is 0 Å². The molecule has 0 saturated heterocycles. The van der Waals surface area contributed by atoms with Crippen LogP contribution in [0.2, 0.25) is 5.02 Å². The van der Waals surface area contributed by atoms with E-state index >= 15 is 0 Å². The first-order valence-corrected chi connectivity index (χ1v) is 6.84. The largest absolute Gasteiger partial charge is 0.370 e. The van der Waals surface area contributed by atoms with Gasteiger partial charge in [-0.2, -0.15) is 0 Å². The van der Waals surface area contributed by atoms with Crippen LogP contribution >= 0.6 is 11.6 Å². The summed E-state index contributed by atoms with van der Waals surface area (Å²) < 4.78 is 13.6. The van der Waals surface area contributed by atoms with Gasteiger partial charge in [0, 0.05) is 6.04 Å². The minimum absolute atomic E-state index is 0.109. The maximum atomic E-state index is 13.6. The van der Waals surface area contributed by atoms with Crippen LogP contribution < -0.4 is 10.6 Å². The van der Waals surface area contributed by atoms with E-state index in [2.05, 4.69) is 17.6 Å². The van der Waals surface area contributed by atoms with Crippen LogP contribution in [0.1, 0.15) is 33.6 Å². The van der Waals surface area contributed by atoms with Crippen molar-refractivity contribution in [1.82, 2.24) is 5.32 Å². The zero-order valence-electron chi connectivity index (χ0n) is 11.5. The van der Waals surface area contributed by atoms with Crippen LogP contribution in [-0.2, 0) is 4.79 Å². The summed E-state index contributed by atoms with van der Waals surface area (Å²) in [5.41, 5.74) is 0.162. The van der Waals surface area contributed by atoms with Crippen molar-refractivity contribution in [2.45, 2.75) is 45.7 Å². The molecule has 0 heterocycles. The summed E-state index contributed by atoms with van der Waals surface area (Å²) in [5.74, 6) is -0.631. The number of carbonyl (C=O) groups is 1. The summed E-state index contributed by atoms with van der Waals surface area (Å²) in [5, 5.41) is 5.94. The van der Waals surface area contributed by atoms with Gasteiger partial charge in [0.2, 0.25) is 5.91 Å². The highest BCUT2D eigenvalue weighted by Crippen LogP contribution is 2.25. The van der Waals surface area contributed by atoms with Crippen molar-refractivity contribution in [3.63, 3.8) is 0 Å². The van der Waals surface area contributed by atoms with Gasteiger partial charge in [0.15, 0.2) is 0 Å². The smallest absolute Gasteiger partial charge is 0.242 e. The fourth-order valence-corrected chi connectivity index (χ4v) is 2.01. The van der Waals surface area contributed by atoms with Crippen molar-refractivity contribution >= 4 is 23.2 Å². The summed E-state index contributed by atoms with van der Waals surface area (Å²) >= 11 is 5.90. The Hall–Kier alpha value is -1.29. The zero-order valence-corrected chi connectivity index (χ0v) is 12.2. The number of hydrogen-bond acceptors (Lipinski definition) is 2. The number of para-hydroxylation sites is 1. The summed E-state index contributed by atoms with van der Waals surface area (Å²) in [6, 6.07) is 3.97. The standard InChI is InChI=1S/C14H20ClFN2O/c1-4-6-9(2)17-14(19)10(3)18-13-11(15)7-5-8-12(13)16/h5,7-10,18H,4,6H2,1-3H3,(H,17,19). The van der Waals surface area contributed by atoms with Crippen LogP contribution in [0.5, 0.6) is 0 Å². The molecule has 0 aliphatic carbocycles. The molecule has 2 N–H and O–H groups in total. The van der Waals surface area contributed by atoms with E-state index in [0.29, 0.717) is 0 Å². The van der Waals surface area contributed by atoms with Crippen LogP contribution in [0.25, 0.3) is 0 Å². The highest BCUT2D eigenvalue weighted by Gasteiger charge is 2.17. The molecule has 0 fully saturated rings. The van der Waals surface area contributed by atoms with Gasteiger partial charge >= 0.3 is 0 Å². The second-order valence-corrected chi connectivity index (χ2v) is 5.07. The van der Waals surface area contributed by atoms with E-state index in [-0.39, 0.29) is 22.7 Å². The molecule has 0 saturated carbocycles. The third-order valence-corrected chi connectivity index (χ3v) is 3.14. The van der Waals surface area contributed by atoms with Crippen LogP contribution in [0.4, 0.5) is 10.1 Å². The Kier molecular flexibility index (Phi) is 6.09. The molecule has 1 amide bonds. The van der Waals surface area contributed by atoms with E-state index in [1.165, 1.54) is 12.1 Å². The van der Waals surface area contributed by atoms with Gasteiger partial charge < -0.3 is 10.6 Å². The van der Waals surface area contributed by atoms with Gasteiger partial charge in [-0.1, -0.05) is 31.0 Å². The maximum absolute atomic E-state index is 13.6. The number of carbonyl (C=O) groups excluding carboxylic acids is 1. The van der Waals surface area contributed by atoms with E-state index in [9.17, 15) is 9.18 Å². The van der Waals surface area contributed by atoms with Gasteiger partial charge in [-0.05, 0) is 32.4 Å². The van der Waals surface area contributed by atoms with Crippen LogP contribution in [0.3, 0.4) is 0 Å². The molecule has 1 aromatic rings. The number of nitrogens with one attached hydrogen (secondary N) is 2. The monoisotopic (exact) mass is 286 g/mol. The van der Waals surface area contributed by atoms with Gasteiger partial charge in [0.25, 0.3) is 0 Å². The highest BCUT2D eigenvalue weighted by atomic mass is 35.5. The highest BCUT2D eigenvalue weighted by molar-refractivity contribution is 6.33. The molecular formula is C14H20ClFN2O. The fourth-order valence-electron chi connectivity index (χ4n) is 1.79. The molecule has 2 atom stereocenters. The Morgan fingerprint density at radius 1 is 1.42 bits per heavy atom. The Morgan fingerprint density at radius 2 is 2.11 bits per heavy atom. The first-order chi connectivity index (χ1) is 8.95. The third kappa shape index (κ3) is 4.71. The lowest BCUT2D eigenvalue weighted by Crippen LogP contribution is -2.42. The van der Waals surface area contributed by atoms with E-state index in [1.807, 2.05) is 6.92 Å². The van der Waals surface area contributed by atoms with Crippen LogP contribution in [0.15, 0.2) is 18.2 Å². The normalized spacial score (nSPS) is 13.7. The predicted molar refractivity (Wildman–Crippen MR) is 77.0 cm³/mol. The predicted octanol–water partition coefficient (Wildman–Crippen LogP) is 3.58. The number of benzene rings is 1. The molecule has 1 aromatic carbocycles. The third-order valence-electron chi connectivity index (χ3n) is 2.83. The Morgan fingerprint density at radius 3 is 2.68 bits per heavy atom. The molecule has 2 unspecified atom stereocenters. The van der Waals surface area contributed by atoms with Crippen molar-refractivity contribution in [1.29, 1.82) is 0 Å². The average molecular weight is 287 g/mol. The number of anilines is 1. The van der Waals surface area contributed by atoms with Crippen molar-refractivity contribution in [2.75, 3.05) is 5.32 Å². The Bertz CT molecular complexity index is 419. The summed E-state index contributed by atoms with van der Waals surface area (Å²) in [6.07, 6.45) is 1.92. The first-order valence-electron chi connectivity index (χ1n) is 6.46. The molecule has 0 spiro atoms. The lowest BCUT2D eigenvalue weighted by atomic mass is 10.2. The van der Waals surface area contributed by atoms with E-state index in [0.717, 1.165) is 12.8 Å². The van der Waals surface area contributed by atoms with Crippen LogP contribution in [-0.4, -0.2) is 18.0 Å². The van der Waals surface area contributed by atoms with Crippen molar-refractivity contribution in [3.8, 4) is 0 Å². The van der Waals surface area contributed by atoms with Gasteiger partial charge in [0.05, 0.1) is 10.7 Å². The second-order valence-electron chi connectivity index (χ2n) is 4.66. The van der Waals surface area contributed by atoms with Crippen molar-refractivity contribution < 1.29 is 9.18 Å². The topological polar surface area (TPSA) is 41.1 Å². The SMILES string of the molecule is CCCC(C)NC(=O)C(C)Nc1c(F)cccc1Cl. The van der Waals surface area contributed by atoms with E-state index < -0.39 is 11.9 Å². The quantitative estimate of drug-likeness (QED) is 0.839. The van der Waals surface area contributed by atoms with Crippen molar-refractivity contribution in [2.24, 2.45) is 0 Å². The molecule has 0 aliphatic heterocycles. The number of rotatable bonds is 6. The lowest BCUT2D eigenvalue weighted by Gasteiger charge is -2.19. The van der Waals surface area contributed by atoms with Gasteiger partial charge in [0.1, 0.15) is 11.9 Å². The minimum Gasteiger partial charge on any atom is -0.370 e. The molecule has 0 aromatic heterocycles. The number of hydrogen-bond donors (Lipinski definition) is 2. The van der Waals surface area contributed by atoms with Crippen molar-refractivity contribution in [3.05, 3.63) is 29.0 Å². The van der Waals surface area contributed by atoms with Crippen LogP contribution in [0, 0.1) is 5.82 Å².